The van der Waals surface area contributed by atoms with Gasteiger partial charge in [-0.15, -0.1) is 24.0 Å². The zero-order valence-corrected chi connectivity index (χ0v) is 20.5. The van der Waals surface area contributed by atoms with E-state index in [1.165, 1.54) is 0 Å². The van der Waals surface area contributed by atoms with Crippen molar-refractivity contribution in [2.45, 2.75) is 59.6 Å². The van der Waals surface area contributed by atoms with E-state index in [1.807, 2.05) is 39.8 Å². The SMILES string of the molecule is CCCOc1ccc(CN=C(NCC)NCCCNC(=O)OC(C)(C)C)cn1.I. The second-order valence-corrected chi connectivity index (χ2v) is 7.26. The van der Waals surface area contributed by atoms with Gasteiger partial charge in [0.05, 0.1) is 13.2 Å². The second kappa shape index (κ2) is 15.1. The lowest BCUT2D eigenvalue weighted by Crippen LogP contribution is -2.39. The van der Waals surface area contributed by atoms with Crippen molar-refractivity contribution in [3.63, 3.8) is 0 Å². The fourth-order valence-corrected chi connectivity index (χ4v) is 2.11. The molecular formula is C20H36IN5O3. The molecule has 1 aromatic rings. The number of carbonyl (C=O) groups is 1. The zero-order valence-electron chi connectivity index (χ0n) is 18.2. The summed E-state index contributed by atoms with van der Waals surface area (Å²) in [6.07, 6.45) is 3.10. The van der Waals surface area contributed by atoms with E-state index in [2.05, 4.69) is 32.9 Å². The molecule has 0 aliphatic heterocycles. The van der Waals surface area contributed by atoms with Crippen LogP contribution in [0.5, 0.6) is 5.88 Å². The van der Waals surface area contributed by atoms with E-state index in [1.54, 1.807) is 6.20 Å². The molecule has 0 spiro atoms. The van der Waals surface area contributed by atoms with Crippen LogP contribution in [0, 0.1) is 0 Å². The third-order valence-electron chi connectivity index (χ3n) is 3.33. The van der Waals surface area contributed by atoms with Crippen LogP contribution in [-0.4, -0.2) is 48.9 Å². The van der Waals surface area contributed by atoms with Gasteiger partial charge in [0, 0.05) is 31.9 Å². The summed E-state index contributed by atoms with van der Waals surface area (Å²) in [5.41, 5.74) is 0.523. The van der Waals surface area contributed by atoms with Crippen molar-refractivity contribution in [1.82, 2.24) is 20.9 Å². The molecule has 9 heteroatoms. The van der Waals surface area contributed by atoms with E-state index in [0.29, 0.717) is 32.1 Å². The summed E-state index contributed by atoms with van der Waals surface area (Å²) in [7, 11) is 0. The third-order valence-corrected chi connectivity index (χ3v) is 3.33. The first-order chi connectivity index (χ1) is 13.3. The lowest BCUT2D eigenvalue weighted by molar-refractivity contribution is 0.0527. The van der Waals surface area contributed by atoms with E-state index in [4.69, 9.17) is 9.47 Å². The van der Waals surface area contributed by atoms with E-state index in [-0.39, 0.29) is 24.0 Å². The summed E-state index contributed by atoms with van der Waals surface area (Å²) in [4.78, 5) is 20.4. The van der Waals surface area contributed by atoms with Gasteiger partial charge < -0.3 is 25.4 Å². The normalized spacial score (nSPS) is 11.3. The number of nitrogens with one attached hydrogen (secondary N) is 3. The van der Waals surface area contributed by atoms with Crippen molar-refractivity contribution in [3.05, 3.63) is 23.9 Å². The Hall–Kier alpha value is -1.78. The first-order valence-electron chi connectivity index (χ1n) is 9.90. The number of carbonyl (C=O) groups excluding carboxylic acids is 1. The number of hydrogen-bond donors (Lipinski definition) is 3. The Balaban J connectivity index is 0.00000784. The molecule has 0 saturated carbocycles. The number of halogens is 1. The van der Waals surface area contributed by atoms with Crippen molar-refractivity contribution in [2.75, 3.05) is 26.2 Å². The number of amides is 1. The quantitative estimate of drug-likeness (QED) is 0.189. The molecule has 8 nitrogen and oxygen atoms in total. The fourth-order valence-electron chi connectivity index (χ4n) is 2.11. The highest BCUT2D eigenvalue weighted by atomic mass is 127. The van der Waals surface area contributed by atoms with Gasteiger partial charge in [-0.05, 0) is 46.1 Å². The Morgan fingerprint density at radius 3 is 2.45 bits per heavy atom. The van der Waals surface area contributed by atoms with Gasteiger partial charge in [-0.3, -0.25) is 0 Å². The maximum atomic E-state index is 11.6. The highest BCUT2D eigenvalue weighted by Gasteiger charge is 2.15. The summed E-state index contributed by atoms with van der Waals surface area (Å²) < 4.78 is 10.7. The van der Waals surface area contributed by atoms with Crippen LogP contribution in [0.1, 0.15) is 53.0 Å². The predicted octanol–water partition coefficient (Wildman–Crippen LogP) is 3.46. The minimum Gasteiger partial charge on any atom is -0.478 e. The van der Waals surface area contributed by atoms with Gasteiger partial charge in [-0.2, -0.15) is 0 Å². The number of rotatable bonds is 10. The molecule has 0 atom stereocenters. The van der Waals surface area contributed by atoms with Gasteiger partial charge in [-0.1, -0.05) is 13.0 Å². The lowest BCUT2D eigenvalue weighted by atomic mass is 10.2. The zero-order chi connectivity index (χ0) is 20.8. The smallest absolute Gasteiger partial charge is 0.407 e. The van der Waals surface area contributed by atoms with Crippen molar-refractivity contribution in [2.24, 2.45) is 4.99 Å². The Bertz CT molecular complexity index is 603. The van der Waals surface area contributed by atoms with Gasteiger partial charge in [-0.25, -0.2) is 14.8 Å². The van der Waals surface area contributed by atoms with Gasteiger partial charge >= 0.3 is 6.09 Å². The maximum absolute atomic E-state index is 11.6. The molecule has 0 aliphatic rings. The van der Waals surface area contributed by atoms with Crippen LogP contribution in [0.4, 0.5) is 4.79 Å². The minimum absolute atomic E-state index is 0. The molecule has 0 aromatic carbocycles. The van der Waals surface area contributed by atoms with Gasteiger partial charge in [0.1, 0.15) is 5.60 Å². The Morgan fingerprint density at radius 1 is 1.14 bits per heavy atom. The fraction of sp³-hybridized carbons (Fsp3) is 0.650. The molecule has 1 rings (SSSR count). The summed E-state index contributed by atoms with van der Waals surface area (Å²) in [6, 6.07) is 3.83. The molecule has 0 saturated heterocycles. The monoisotopic (exact) mass is 521 g/mol. The molecule has 0 unspecified atom stereocenters. The van der Waals surface area contributed by atoms with Crippen LogP contribution in [0.2, 0.25) is 0 Å². The summed E-state index contributed by atoms with van der Waals surface area (Å²) in [6.45, 7) is 12.8. The number of ether oxygens (including phenoxy) is 2. The van der Waals surface area contributed by atoms with E-state index >= 15 is 0 Å². The van der Waals surface area contributed by atoms with Crippen LogP contribution < -0.4 is 20.7 Å². The largest absolute Gasteiger partial charge is 0.478 e. The van der Waals surface area contributed by atoms with E-state index in [0.717, 1.165) is 30.9 Å². The van der Waals surface area contributed by atoms with Crippen LogP contribution >= 0.6 is 24.0 Å². The number of hydrogen-bond acceptors (Lipinski definition) is 5. The number of alkyl carbamates (subject to hydrolysis) is 1. The summed E-state index contributed by atoms with van der Waals surface area (Å²) >= 11 is 0. The third kappa shape index (κ3) is 13.9. The highest BCUT2D eigenvalue weighted by molar-refractivity contribution is 14.0. The summed E-state index contributed by atoms with van der Waals surface area (Å²) in [5, 5.41) is 9.20. The molecular weight excluding hydrogens is 485 g/mol. The second-order valence-electron chi connectivity index (χ2n) is 7.26. The lowest BCUT2D eigenvalue weighted by Gasteiger charge is -2.19. The molecule has 29 heavy (non-hydrogen) atoms. The average Bonchev–Trinajstić information content (AvgIpc) is 2.63. The van der Waals surface area contributed by atoms with E-state index < -0.39 is 11.7 Å². The average molecular weight is 521 g/mol. The Kier molecular flexibility index (Phi) is 14.2. The van der Waals surface area contributed by atoms with Gasteiger partial charge in [0.2, 0.25) is 5.88 Å². The van der Waals surface area contributed by atoms with Crippen molar-refractivity contribution in [3.8, 4) is 5.88 Å². The molecule has 166 valence electrons. The molecule has 1 aromatic heterocycles. The Labute approximate surface area is 191 Å². The standard InChI is InChI=1S/C20H35N5O3.HI/c1-6-13-27-17-10-9-16(14-24-17)15-25-18(21-7-2)22-11-8-12-23-19(26)28-20(3,4)5;/h9-10,14H,6-8,11-13,15H2,1-5H3,(H,23,26)(H2,21,22,25);1H. The van der Waals surface area contributed by atoms with Crippen molar-refractivity contribution < 1.29 is 14.3 Å². The topological polar surface area (TPSA) is 96.9 Å². The van der Waals surface area contributed by atoms with Gasteiger partial charge in [0.15, 0.2) is 5.96 Å². The molecule has 1 heterocycles. The Morgan fingerprint density at radius 2 is 1.86 bits per heavy atom. The molecule has 3 N–H and O–H groups in total. The van der Waals surface area contributed by atoms with Crippen molar-refractivity contribution >= 4 is 36.0 Å². The van der Waals surface area contributed by atoms with E-state index in [9.17, 15) is 4.79 Å². The molecule has 0 bridgehead atoms. The number of guanidine groups is 1. The number of aliphatic imine (C=N–C) groups is 1. The van der Waals surface area contributed by atoms with Gasteiger partial charge in [0.25, 0.3) is 0 Å². The summed E-state index contributed by atoms with van der Waals surface area (Å²) in [5.74, 6) is 1.36. The maximum Gasteiger partial charge on any atom is 0.407 e. The molecule has 0 fully saturated rings. The molecule has 0 radical (unpaired) electrons. The van der Waals surface area contributed by atoms with Crippen LogP contribution in [-0.2, 0) is 11.3 Å². The highest BCUT2D eigenvalue weighted by Crippen LogP contribution is 2.09. The first kappa shape index (κ1) is 27.2. The van der Waals surface area contributed by atoms with Crippen LogP contribution in [0.3, 0.4) is 0 Å². The predicted molar refractivity (Wildman–Crippen MR) is 127 cm³/mol. The van der Waals surface area contributed by atoms with Crippen LogP contribution in [0.25, 0.3) is 0 Å². The number of pyridine rings is 1. The number of aromatic nitrogens is 1. The van der Waals surface area contributed by atoms with Crippen molar-refractivity contribution in [1.29, 1.82) is 0 Å². The van der Waals surface area contributed by atoms with Crippen LogP contribution in [0.15, 0.2) is 23.3 Å². The molecule has 0 aliphatic carbocycles. The first-order valence-corrected chi connectivity index (χ1v) is 9.90. The molecule has 1 amide bonds. The minimum atomic E-state index is -0.484. The number of nitrogens with zero attached hydrogens (tertiary/aromatic N) is 2.